The summed E-state index contributed by atoms with van der Waals surface area (Å²) >= 11 is 6.05. The van der Waals surface area contributed by atoms with E-state index < -0.39 is 54.7 Å². The molecular formula is C27H23ClF2N2O5. The van der Waals surface area contributed by atoms with E-state index in [-0.39, 0.29) is 13.1 Å². The molecule has 1 aliphatic heterocycles. The summed E-state index contributed by atoms with van der Waals surface area (Å²) in [5.41, 5.74) is 1.41. The first-order chi connectivity index (χ1) is 17.7. The molecule has 0 spiro atoms. The molecule has 1 saturated heterocycles. The molecule has 37 heavy (non-hydrogen) atoms. The highest BCUT2D eigenvalue weighted by molar-refractivity contribution is 6.30. The first-order valence-corrected chi connectivity index (χ1v) is 11.7. The lowest BCUT2D eigenvalue weighted by Gasteiger charge is -2.42. The zero-order valence-electron chi connectivity index (χ0n) is 19.5. The second kappa shape index (κ2) is 11.5. The Morgan fingerprint density at radius 1 is 1.00 bits per heavy atom. The fraction of sp³-hybridized carbons (Fsp3) is 0.222. The molecule has 0 saturated carbocycles. The third kappa shape index (κ3) is 6.49. The van der Waals surface area contributed by atoms with Crippen molar-refractivity contribution in [3.05, 3.63) is 106 Å². The van der Waals surface area contributed by atoms with E-state index in [2.05, 4.69) is 0 Å². The summed E-state index contributed by atoms with van der Waals surface area (Å²) in [7, 11) is 0. The number of halogens is 3. The minimum absolute atomic E-state index is 0.0140. The Kier molecular flexibility index (Phi) is 8.15. The van der Waals surface area contributed by atoms with Gasteiger partial charge in [0.05, 0.1) is 6.04 Å². The summed E-state index contributed by atoms with van der Waals surface area (Å²) in [4.78, 5) is 40.8. The second-order valence-corrected chi connectivity index (χ2v) is 9.03. The lowest BCUT2D eigenvalue weighted by Crippen LogP contribution is -2.55. The monoisotopic (exact) mass is 528 g/mol. The molecule has 192 valence electrons. The molecule has 0 unspecified atom stereocenters. The van der Waals surface area contributed by atoms with Crippen molar-refractivity contribution >= 4 is 29.4 Å². The van der Waals surface area contributed by atoms with Crippen LogP contribution < -0.4 is 0 Å². The van der Waals surface area contributed by atoms with Crippen LogP contribution in [0.5, 0.6) is 0 Å². The SMILES string of the molecule is O=C(O)CN(Cc1cccc(F)c1)C(=O)[C@H]1OCC(=O)N(Cc2cccc(F)c2)[C@@H]1c1ccc(Cl)cc1. The number of aliphatic carboxylic acids is 1. The number of hydrogen-bond donors (Lipinski definition) is 1. The number of hydrogen-bond acceptors (Lipinski definition) is 4. The van der Waals surface area contributed by atoms with Crippen molar-refractivity contribution in [1.29, 1.82) is 0 Å². The standard InChI is InChI=1S/C27H23ClF2N2O5/c28-20-9-7-19(8-10-20)25-26(37-16-23(33)32(25)14-18-4-2-6-22(30)12-18)27(36)31(15-24(34)35)13-17-3-1-5-21(29)11-17/h1-12,25-26H,13-16H2,(H,34,35)/t25-,26+/m1/s1. The van der Waals surface area contributed by atoms with Crippen LogP contribution in [0.2, 0.25) is 5.02 Å². The average molecular weight is 529 g/mol. The fourth-order valence-corrected chi connectivity index (χ4v) is 4.43. The van der Waals surface area contributed by atoms with Crippen molar-refractivity contribution in [2.45, 2.75) is 25.2 Å². The maximum atomic E-state index is 13.9. The van der Waals surface area contributed by atoms with E-state index in [9.17, 15) is 28.3 Å². The van der Waals surface area contributed by atoms with Crippen LogP contribution >= 0.6 is 11.6 Å². The van der Waals surface area contributed by atoms with Crippen LogP contribution in [0.4, 0.5) is 8.78 Å². The smallest absolute Gasteiger partial charge is 0.323 e. The number of nitrogens with zero attached hydrogens (tertiary/aromatic N) is 2. The van der Waals surface area contributed by atoms with E-state index in [1.165, 1.54) is 41.3 Å². The highest BCUT2D eigenvalue weighted by Crippen LogP contribution is 2.34. The van der Waals surface area contributed by atoms with Crippen LogP contribution in [0.15, 0.2) is 72.8 Å². The van der Waals surface area contributed by atoms with E-state index in [1.807, 2.05) is 0 Å². The van der Waals surface area contributed by atoms with E-state index >= 15 is 0 Å². The Hall–Kier alpha value is -3.82. The Bertz CT molecular complexity index is 1300. The normalized spacial score (nSPS) is 17.5. The number of amides is 2. The van der Waals surface area contributed by atoms with Gasteiger partial charge in [0.15, 0.2) is 6.10 Å². The van der Waals surface area contributed by atoms with Crippen LogP contribution in [-0.2, 0) is 32.2 Å². The van der Waals surface area contributed by atoms with Gasteiger partial charge in [0, 0.05) is 18.1 Å². The van der Waals surface area contributed by atoms with Gasteiger partial charge >= 0.3 is 5.97 Å². The Morgan fingerprint density at radius 2 is 1.62 bits per heavy atom. The minimum atomic E-state index is -1.28. The zero-order valence-corrected chi connectivity index (χ0v) is 20.3. The Labute approximate surface area is 216 Å². The molecule has 0 bridgehead atoms. The van der Waals surface area contributed by atoms with Gasteiger partial charge in [-0.25, -0.2) is 8.78 Å². The van der Waals surface area contributed by atoms with E-state index in [4.69, 9.17) is 16.3 Å². The molecule has 3 aromatic rings. The number of ether oxygens (including phenoxy) is 1. The number of carboxylic acids is 1. The van der Waals surface area contributed by atoms with E-state index in [0.29, 0.717) is 21.7 Å². The maximum absolute atomic E-state index is 13.9. The van der Waals surface area contributed by atoms with Crippen molar-refractivity contribution in [2.75, 3.05) is 13.2 Å². The summed E-state index contributed by atoms with van der Waals surface area (Å²) in [6, 6.07) is 16.7. The van der Waals surface area contributed by atoms with Crippen LogP contribution in [0.1, 0.15) is 22.7 Å². The highest BCUT2D eigenvalue weighted by Gasteiger charge is 2.43. The molecule has 2 amide bonds. The molecule has 1 aliphatic rings. The van der Waals surface area contributed by atoms with Crippen molar-refractivity contribution < 1.29 is 33.0 Å². The molecule has 0 radical (unpaired) electrons. The van der Waals surface area contributed by atoms with Gasteiger partial charge in [0.1, 0.15) is 24.8 Å². The van der Waals surface area contributed by atoms with Crippen molar-refractivity contribution in [3.63, 3.8) is 0 Å². The molecule has 4 rings (SSSR count). The summed E-state index contributed by atoms with van der Waals surface area (Å²) in [6.45, 7) is -1.30. The van der Waals surface area contributed by atoms with Crippen LogP contribution in [-0.4, -0.2) is 51.9 Å². The third-order valence-corrected chi connectivity index (χ3v) is 6.18. The highest BCUT2D eigenvalue weighted by atomic mass is 35.5. The molecule has 1 heterocycles. The quantitative estimate of drug-likeness (QED) is 0.473. The van der Waals surface area contributed by atoms with Crippen LogP contribution in [0.25, 0.3) is 0 Å². The zero-order chi connectivity index (χ0) is 26.5. The maximum Gasteiger partial charge on any atom is 0.323 e. The topological polar surface area (TPSA) is 87.1 Å². The van der Waals surface area contributed by atoms with Crippen LogP contribution in [0.3, 0.4) is 0 Å². The number of carbonyl (C=O) groups excluding carboxylic acids is 2. The summed E-state index contributed by atoms with van der Waals surface area (Å²) < 4.78 is 33.3. The van der Waals surface area contributed by atoms with Gasteiger partial charge in [-0.2, -0.15) is 0 Å². The first kappa shape index (κ1) is 26.2. The molecule has 10 heteroatoms. The Balaban J connectivity index is 1.71. The molecule has 2 atom stereocenters. The number of carboxylic acid groups (broad SMARTS) is 1. The van der Waals surface area contributed by atoms with E-state index in [0.717, 1.165) is 4.90 Å². The average Bonchev–Trinajstić information content (AvgIpc) is 2.85. The van der Waals surface area contributed by atoms with Gasteiger partial charge in [-0.3, -0.25) is 14.4 Å². The number of rotatable bonds is 8. The largest absolute Gasteiger partial charge is 0.480 e. The number of morpholine rings is 1. The minimum Gasteiger partial charge on any atom is -0.480 e. The molecule has 7 nitrogen and oxygen atoms in total. The summed E-state index contributed by atoms with van der Waals surface area (Å²) in [6.07, 6.45) is -1.28. The molecule has 3 aromatic carbocycles. The molecular weight excluding hydrogens is 506 g/mol. The lowest BCUT2D eigenvalue weighted by atomic mass is 9.95. The van der Waals surface area contributed by atoms with Gasteiger partial charge in [-0.05, 0) is 53.1 Å². The van der Waals surface area contributed by atoms with Gasteiger partial charge in [-0.1, -0.05) is 48.0 Å². The molecule has 1 fully saturated rings. The van der Waals surface area contributed by atoms with Crippen molar-refractivity contribution in [2.24, 2.45) is 0 Å². The molecule has 0 aromatic heterocycles. The molecule has 1 N–H and O–H groups in total. The summed E-state index contributed by atoms with van der Waals surface area (Å²) in [5, 5.41) is 9.90. The van der Waals surface area contributed by atoms with Gasteiger partial charge in [0.25, 0.3) is 5.91 Å². The number of carbonyl (C=O) groups is 3. The van der Waals surface area contributed by atoms with Crippen LogP contribution in [0, 0.1) is 11.6 Å². The second-order valence-electron chi connectivity index (χ2n) is 8.60. The Morgan fingerprint density at radius 3 is 2.24 bits per heavy atom. The summed E-state index contributed by atoms with van der Waals surface area (Å²) in [5.74, 6) is -3.39. The van der Waals surface area contributed by atoms with Gasteiger partial charge < -0.3 is 19.6 Å². The molecule has 0 aliphatic carbocycles. The predicted octanol–water partition coefficient (Wildman–Crippen LogP) is 4.20. The fourth-order valence-electron chi connectivity index (χ4n) is 4.30. The van der Waals surface area contributed by atoms with Gasteiger partial charge in [0.2, 0.25) is 5.91 Å². The van der Waals surface area contributed by atoms with Crippen molar-refractivity contribution in [1.82, 2.24) is 9.80 Å². The lowest BCUT2D eigenvalue weighted by molar-refractivity contribution is -0.172. The predicted molar refractivity (Wildman–Crippen MR) is 130 cm³/mol. The number of benzene rings is 3. The first-order valence-electron chi connectivity index (χ1n) is 11.4. The van der Waals surface area contributed by atoms with Crippen molar-refractivity contribution in [3.8, 4) is 0 Å². The van der Waals surface area contributed by atoms with Gasteiger partial charge in [-0.15, -0.1) is 0 Å². The van der Waals surface area contributed by atoms with E-state index in [1.54, 1.807) is 36.4 Å². The third-order valence-electron chi connectivity index (χ3n) is 5.93.